The summed E-state index contributed by atoms with van der Waals surface area (Å²) in [5.41, 5.74) is 0. The van der Waals surface area contributed by atoms with E-state index in [-0.39, 0.29) is 12.2 Å². The summed E-state index contributed by atoms with van der Waals surface area (Å²) in [6.07, 6.45) is 2.21. The first kappa shape index (κ1) is 15.8. The zero-order valence-electron chi connectivity index (χ0n) is 10.7. The van der Waals surface area contributed by atoms with Gasteiger partial charge < -0.3 is 19.7 Å². The molecular formula is C12H26O4. The van der Waals surface area contributed by atoms with Crippen LogP contribution in [-0.4, -0.2) is 41.9 Å². The number of ether oxygens (including phenoxy) is 2. The fraction of sp³-hybridized carbons (Fsp3) is 1.00. The summed E-state index contributed by atoms with van der Waals surface area (Å²) in [6, 6.07) is 0. The van der Waals surface area contributed by atoms with Crippen molar-refractivity contribution in [2.75, 3.05) is 13.2 Å². The lowest BCUT2D eigenvalue weighted by Crippen LogP contribution is -2.25. The second-order valence-electron chi connectivity index (χ2n) is 4.14. The molecule has 4 nitrogen and oxygen atoms in total. The molecule has 0 spiro atoms. The molecule has 0 radical (unpaired) electrons. The molecule has 0 fully saturated rings. The second-order valence-corrected chi connectivity index (χ2v) is 4.14. The van der Waals surface area contributed by atoms with Crippen molar-refractivity contribution in [3.05, 3.63) is 0 Å². The van der Waals surface area contributed by atoms with Crippen LogP contribution in [0.3, 0.4) is 0 Å². The third kappa shape index (κ3) is 9.09. The number of aliphatic hydroxyl groups is 2. The van der Waals surface area contributed by atoms with Gasteiger partial charge in [0, 0.05) is 0 Å². The molecule has 0 aromatic rings. The van der Waals surface area contributed by atoms with Crippen LogP contribution < -0.4 is 0 Å². The van der Waals surface area contributed by atoms with E-state index in [0.717, 1.165) is 19.3 Å². The molecule has 0 aliphatic heterocycles. The predicted octanol–water partition coefficient (Wildman–Crippen LogP) is 1.69. The molecule has 0 aliphatic carbocycles. The minimum atomic E-state index is -0.719. The normalized spacial score (nSPS) is 17.1. The Kier molecular flexibility index (Phi) is 9.92. The van der Waals surface area contributed by atoms with Crippen molar-refractivity contribution in [2.24, 2.45) is 0 Å². The first-order valence-electron chi connectivity index (χ1n) is 6.19. The molecule has 2 N–H and O–H groups in total. The molecule has 3 atom stereocenters. The number of hydrogen-bond acceptors (Lipinski definition) is 4. The van der Waals surface area contributed by atoms with Gasteiger partial charge in [0.05, 0.1) is 25.4 Å². The van der Waals surface area contributed by atoms with E-state index < -0.39 is 6.29 Å². The molecule has 0 aromatic carbocycles. The summed E-state index contributed by atoms with van der Waals surface area (Å²) in [4.78, 5) is 0. The number of aliphatic hydroxyl groups excluding tert-OH is 2. The van der Waals surface area contributed by atoms with Gasteiger partial charge in [0.1, 0.15) is 0 Å². The van der Waals surface area contributed by atoms with Gasteiger partial charge in [-0.3, -0.25) is 0 Å². The first-order valence-corrected chi connectivity index (χ1v) is 6.19. The topological polar surface area (TPSA) is 58.9 Å². The molecule has 0 amide bonds. The van der Waals surface area contributed by atoms with Gasteiger partial charge in [-0.2, -0.15) is 0 Å². The lowest BCUT2D eigenvalue weighted by Gasteiger charge is -2.18. The number of rotatable bonds is 10. The Hall–Kier alpha value is -0.160. The molecule has 16 heavy (non-hydrogen) atoms. The van der Waals surface area contributed by atoms with Gasteiger partial charge in [0.15, 0.2) is 6.29 Å². The van der Waals surface area contributed by atoms with Crippen LogP contribution in [0.2, 0.25) is 0 Å². The van der Waals surface area contributed by atoms with Crippen LogP contribution in [0.5, 0.6) is 0 Å². The second kappa shape index (κ2) is 10.0. The molecule has 0 heterocycles. The van der Waals surface area contributed by atoms with E-state index in [9.17, 15) is 10.2 Å². The van der Waals surface area contributed by atoms with Crippen LogP contribution in [-0.2, 0) is 9.47 Å². The largest absolute Gasteiger partial charge is 0.391 e. The highest BCUT2D eigenvalue weighted by Crippen LogP contribution is 2.03. The lowest BCUT2D eigenvalue weighted by atomic mass is 10.2. The smallest absolute Gasteiger partial charge is 0.154 e. The lowest BCUT2D eigenvalue weighted by molar-refractivity contribution is -0.150. The Morgan fingerprint density at radius 3 is 2.38 bits per heavy atom. The van der Waals surface area contributed by atoms with Gasteiger partial charge >= 0.3 is 0 Å². The first-order chi connectivity index (χ1) is 7.60. The Bertz CT molecular complexity index is 152. The van der Waals surface area contributed by atoms with Crippen LogP contribution in [0.15, 0.2) is 0 Å². The molecule has 4 heteroatoms. The van der Waals surface area contributed by atoms with E-state index in [1.165, 1.54) is 0 Å². The van der Waals surface area contributed by atoms with E-state index in [2.05, 4.69) is 6.92 Å². The molecule has 0 aromatic heterocycles. The monoisotopic (exact) mass is 234 g/mol. The van der Waals surface area contributed by atoms with Crippen LogP contribution in [0.1, 0.15) is 46.5 Å². The Morgan fingerprint density at radius 2 is 1.81 bits per heavy atom. The third-order valence-corrected chi connectivity index (χ3v) is 2.29. The van der Waals surface area contributed by atoms with Gasteiger partial charge in [-0.05, 0) is 19.8 Å². The molecule has 0 saturated carbocycles. The Balaban J connectivity index is 3.42. The minimum absolute atomic E-state index is 0.145. The summed E-state index contributed by atoms with van der Waals surface area (Å²) < 4.78 is 10.5. The van der Waals surface area contributed by atoms with E-state index in [0.29, 0.717) is 19.6 Å². The maximum Gasteiger partial charge on any atom is 0.154 e. The molecule has 0 aliphatic rings. The third-order valence-electron chi connectivity index (χ3n) is 2.29. The van der Waals surface area contributed by atoms with Crippen molar-refractivity contribution < 1.29 is 19.7 Å². The van der Waals surface area contributed by atoms with Gasteiger partial charge in [-0.1, -0.05) is 26.7 Å². The molecule has 98 valence electrons. The van der Waals surface area contributed by atoms with Crippen molar-refractivity contribution in [2.45, 2.75) is 65.0 Å². The van der Waals surface area contributed by atoms with Gasteiger partial charge in [0.25, 0.3) is 0 Å². The zero-order chi connectivity index (χ0) is 12.4. The highest BCUT2D eigenvalue weighted by molar-refractivity contribution is 4.55. The fourth-order valence-corrected chi connectivity index (χ4v) is 1.30. The van der Waals surface area contributed by atoms with E-state index in [1.807, 2.05) is 13.8 Å². The summed E-state index contributed by atoms with van der Waals surface area (Å²) in [5, 5.41) is 18.7. The SMILES string of the molecule is CCCCC(O)COCC(C)OC(O)CC. The maximum absolute atomic E-state index is 9.51. The Labute approximate surface area is 98.6 Å². The quantitative estimate of drug-likeness (QED) is 0.565. The van der Waals surface area contributed by atoms with Crippen molar-refractivity contribution in [3.8, 4) is 0 Å². The Morgan fingerprint density at radius 1 is 1.12 bits per heavy atom. The van der Waals surface area contributed by atoms with Crippen LogP contribution >= 0.6 is 0 Å². The molecule has 3 unspecified atom stereocenters. The average molecular weight is 234 g/mol. The minimum Gasteiger partial charge on any atom is -0.391 e. The zero-order valence-corrected chi connectivity index (χ0v) is 10.7. The van der Waals surface area contributed by atoms with Gasteiger partial charge in [-0.15, -0.1) is 0 Å². The average Bonchev–Trinajstić information content (AvgIpc) is 2.26. The van der Waals surface area contributed by atoms with Crippen molar-refractivity contribution in [1.82, 2.24) is 0 Å². The fourth-order valence-electron chi connectivity index (χ4n) is 1.30. The van der Waals surface area contributed by atoms with Crippen LogP contribution in [0, 0.1) is 0 Å². The predicted molar refractivity (Wildman–Crippen MR) is 63.2 cm³/mol. The molecule has 0 bridgehead atoms. The summed E-state index contributed by atoms with van der Waals surface area (Å²) in [6.45, 7) is 6.54. The highest BCUT2D eigenvalue weighted by Gasteiger charge is 2.09. The van der Waals surface area contributed by atoms with E-state index in [4.69, 9.17) is 9.47 Å². The summed E-state index contributed by atoms with van der Waals surface area (Å²) in [7, 11) is 0. The molecule has 0 saturated heterocycles. The van der Waals surface area contributed by atoms with E-state index >= 15 is 0 Å². The van der Waals surface area contributed by atoms with Gasteiger partial charge in [0.2, 0.25) is 0 Å². The van der Waals surface area contributed by atoms with Crippen molar-refractivity contribution >= 4 is 0 Å². The van der Waals surface area contributed by atoms with Crippen molar-refractivity contribution in [1.29, 1.82) is 0 Å². The van der Waals surface area contributed by atoms with E-state index in [1.54, 1.807) is 0 Å². The maximum atomic E-state index is 9.51. The van der Waals surface area contributed by atoms with Gasteiger partial charge in [-0.25, -0.2) is 0 Å². The summed E-state index contributed by atoms with van der Waals surface area (Å²) >= 11 is 0. The number of unbranched alkanes of at least 4 members (excludes halogenated alkanes) is 1. The van der Waals surface area contributed by atoms with Crippen molar-refractivity contribution in [3.63, 3.8) is 0 Å². The molecular weight excluding hydrogens is 208 g/mol. The summed E-state index contributed by atoms with van der Waals surface area (Å²) in [5.74, 6) is 0. The van der Waals surface area contributed by atoms with Crippen LogP contribution in [0.25, 0.3) is 0 Å². The number of hydrogen-bond donors (Lipinski definition) is 2. The standard InChI is InChI=1S/C12H26O4/c1-4-6-7-11(13)9-15-8-10(3)16-12(14)5-2/h10-14H,4-9H2,1-3H3. The highest BCUT2D eigenvalue weighted by atomic mass is 16.6. The van der Waals surface area contributed by atoms with Crippen LogP contribution in [0.4, 0.5) is 0 Å². The molecule has 0 rings (SSSR count).